The highest BCUT2D eigenvalue weighted by Crippen LogP contribution is 2.24. The molecule has 150 valence electrons. The monoisotopic (exact) mass is 391 g/mol. The fourth-order valence-corrected chi connectivity index (χ4v) is 4.01. The van der Waals surface area contributed by atoms with Crippen LogP contribution in [-0.2, 0) is 4.79 Å². The van der Waals surface area contributed by atoms with Gasteiger partial charge < -0.3 is 10.2 Å². The van der Waals surface area contributed by atoms with E-state index in [-0.39, 0.29) is 17.8 Å². The van der Waals surface area contributed by atoms with Gasteiger partial charge in [-0.2, -0.15) is 0 Å². The first kappa shape index (κ1) is 19.4. The van der Waals surface area contributed by atoms with Crippen molar-refractivity contribution < 1.29 is 9.18 Å². The van der Waals surface area contributed by atoms with Gasteiger partial charge in [-0.3, -0.25) is 9.69 Å². The number of rotatable bonds is 5. The minimum Gasteiger partial charge on any atom is -0.369 e. The number of carbonyl (C=O) groups excluding carboxylic acids is 1. The largest absolute Gasteiger partial charge is 0.369 e. The smallest absolute Gasteiger partial charge is 0.234 e. The van der Waals surface area contributed by atoms with Gasteiger partial charge in [0.25, 0.3) is 0 Å². The number of amides is 1. The lowest BCUT2D eigenvalue weighted by atomic mass is 10.00. The van der Waals surface area contributed by atoms with Gasteiger partial charge in [0, 0.05) is 31.9 Å². The van der Waals surface area contributed by atoms with Crippen molar-refractivity contribution in [2.75, 3.05) is 37.6 Å². The van der Waals surface area contributed by atoms with E-state index in [1.165, 1.54) is 22.9 Å². The van der Waals surface area contributed by atoms with E-state index in [4.69, 9.17) is 0 Å². The van der Waals surface area contributed by atoms with Gasteiger partial charge in [0.15, 0.2) is 0 Å². The maximum atomic E-state index is 13.1. The van der Waals surface area contributed by atoms with Gasteiger partial charge in [0.1, 0.15) is 5.82 Å². The Balaban J connectivity index is 1.31. The van der Waals surface area contributed by atoms with Crippen molar-refractivity contribution in [2.45, 2.75) is 13.0 Å². The number of carbonyl (C=O) groups is 1. The van der Waals surface area contributed by atoms with Crippen LogP contribution in [0.3, 0.4) is 0 Å². The summed E-state index contributed by atoms with van der Waals surface area (Å²) in [5.41, 5.74) is 2.16. The molecule has 3 aromatic rings. The van der Waals surface area contributed by atoms with E-state index < -0.39 is 0 Å². The quantitative estimate of drug-likeness (QED) is 0.715. The van der Waals surface area contributed by atoms with Crippen LogP contribution in [0.15, 0.2) is 66.7 Å². The number of halogens is 1. The lowest BCUT2D eigenvalue weighted by Crippen LogP contribution is -2.49. The molecule has 1 fully saturated rings. The third-order valence-electron chi connectivity index (χ3n) is 5.60. The van der Waals surface area contributed by atoms with E-state index in [2.05, 4.69) is 39.4 Å². The highest BCUT2D eigenvalue weighted by Gasteiger charge is 2.20. The van der Waals surface area contributed by atoms with Crippen LogP contribution < -0.4 is 10.2 Å². The maximum Gasteiger partial charge on any atom is 0.234 e. The summed E-state index contributed by atoms with van der Waals surface area (Å²) in [5.74, 6) is -0.176. The Labute approximate surface area is 170 Å². The normalized spacial score (nSPS) is 16.0. The van der Waals surface area contributed by atoms with Crippen molar-refractivity contribution in [3.05, 3.63) is 78.1 Å². The fraction of sp³-hybridized carbons (Fsp3) is 0.292. The predicted molar refractivity (Wildman–Crippen MR) is 116 cm³/mol. The lowest BCUT2D eigenvalue weighted by Gasteiger charge is -2.35. The first-order valence-corrected chi connectivity index (χ1v) is 10.1. The second kappa shape index (κ2) is 8.62. The third kappa shape index (κ3) is 4.57. The van der Waals surface area contributed by atoms with Crippen molar-refractivity contribution in [3.63, 3.8) is 0 Å². The van der Waals surface area contributed by atoms with Gasteiger partial charge in [-0.1, -0.05) is 42.5 Å². The number of hydrogen-bond donors (Lipinski definition) is 1. The second-order valence-electron chi connectivity index (χ2n) is 7.60. The molecule has 1 aliphatic rings. The second-order valence-corrected chi connectivity index (χ2v) is 7.60. The van der Waals surface area contributed by atoms with E-state index in [9.17, 15) is 9.18 Å². The van der Waals surface area contributed by atoms with Crippen LogP contribution in [0.5, 0.6) is 0 Å². The molecule has 5 heteroatoms. The summed E-state index contributed by atoms with van der Waals surface area (Å²) in [6, 6.07) is 21.0. The van der Waals surface area contributed by atoms with E-state index in [1.807, 2.05) is 37.3 Å². The van der Waals surface area contributed by atoms with Gasteiger partial charge >= 0.3 is 0 Å². The minimum absolute atomic E-state index is 0.0423. The van der Waals surface area contributed by atoms with Gasteiger partial charge in [-0.25, -0.2) is 4.39 Å². The number of hydrogen-bond acceptors (Lipinski definition) is 3. The average molecular weight is 391 g/mol. The van der Waals surface area contributed by atoms with Crippen molar-refractivity contribution >= 4 is 22.4 Å². The van der Waals surface area contributed by atoms with E-state index in [0.29, 0.717) is 6.54 Å². The molecule has 0 aliphatic carbocycles. The Morgan fingerprint density at radius 1 is 0.966 bits per heavy atom. The number of fused-ring (bicyclic) bond motifs is 1. The number of benzene rings is 3. The molecule has 0 spiro atoms. The Kier molecular flexibility index (Phi) is 5.76. The molecule has 0 aromatic heterocycles. The summed E-state index contributed by atoms with van der Waals surface area (Å²) in [6.45, 7) is 5.72. The lowest BCUT2D eigenvalue weighted by molar-refractivity contribution is -0.123. The molecule has 0 radical (unpaired) electrons. The summed E-state index contributed by atoms with van der Waals surface area (Å²) in [5, 5.41) is 5.51. The molecule has 1 atom stereocenters. The molecule has 0 saturated carbocycles. The van der Waals surface area contributed by atoms with Crippen LogP contribution in [0.2, 0.25) is 0 Å². The number of piperazine rings is 1. The van der Waals surface area contributed by atoms with E-state index >= 15 is 0 Å². The van der Waals surface area contributed by atoms with Crippen molar-refractivity contribution in [3.8, 4) is 0 Å². The first-order chi connectivity index (χ1) is 14.1. The van der Waals surface area contributed by atoms with E-state index in [1.54, 1.807) is 0 Å². The Morgan fingerprint density at radius 2 is 1.66 bits per heavy atom. The van der Waals surface area contributed by atoms with Gasteiger partial charge in [0.05, 0.1) is 12.6 Å². The van der Waals surface area contributed by atoms with Crippen molar-refractivity contribution in [1.29, 1.82) is 0 Å². The Hall–Kier alpha value is -2.92. The average Bonchev–Trinajstić information content (AvgIpc) is 2.74. The molecule has 1 unspecified atom stereocenters. The third-order valence-corrected chi connectivity index (χ3v) is 5.60. The summed E-state index contributed by atoms with van der Waals surface area (Å²) >= 11 is 0. The number of nitrogens with zero attached hydrogens (tertiary/aromatic N) is 2. The standard InChI is InChI=1S/C24H26FN3O/c1-18(22-8-4-6-19-5-2-3-7-23(19)22)26-24(29)17-27-13-15-28(16-14-27)21-11-9-20(25)10-12-21/h2-12,18H,13-17H2,1H3,(H,26,29). The summed E-state index contributed by atoms with van der Waals surface area (Å²) < 4.78 is 13.1. The Morgan fingerprint density at radius 3 is 2.41 bits per heavy atom. The van der Waals surface area contributed by atoms with Crippen LogP contribution in [0.25, 0.3) is 10.8 Å². The van der Waals surface area contributed by atoms with Crippen molar-refractivity contribution in [2.24, 2.45) is 0 Å². The van der Waals surface area contributed by atoms with Crippen LogP contribution in [0, 0.1) is 5.82 Å². The Bertz CT molecular complexity index is 976. The zero-order valence-electron chi connectivity index (χ0n) is 16.6. The molecule has 4 nitrogen and oxygen atoms in total. The summed E-state index contributed by atoms with van der Waals surface area (Å²) in [4.78, 5) is 17.0. The molecule has 1 amide bonds. The molecule has 1 aliphatic heterocycles. The SMILES string of the molecule is CC(NC(=O)CN1CCN(c2ccc(F)cc2)CC1)c1cccc2ccccc12. The molecule has 1 saturated heterocycles. The predicted octanol–water partition coefficient (Wildman–Crippen LogP) is 3.98. The molecule has 1 heterocycles. The minimum atomic E-state index is -0.218. The molecule has 1 N–H and O–H groups in total. The number of anilines is 1. The molecular formula is C24H26FN3O. The molecule has 4 rings (SSSR count). The zero-order valence-corrected chi connectivity index (χ0v) is 16.6. The van der Waals surface area contributed by atoms with Crippen LogP contribution >= 0.6 is 0 Å². The topological polar surface area (TPSA) is 35.6 Å². The van der Waals surface area contributed by atoms with E-state index in [0.717, 1.165) is 37.4 Å². The highest BCUT2D eigenvalue weighted by atomic mass is 19.1. The van der Waals surface area contributed by atoms with Gasteiger partial charge in [-0.15, -0.1) is 0 Å². The van der Waals surface area contributed by atoms with Gasteiger partial charge in [0.2, 0.25) is 5.91 Å². The fourth-order valence-electron chi connectivity index (χ4n) is 4.01. The summed E-state index contributed by atoms with van der Waals surface area (Å²) in [6.07, 6.45) is 0. The molecule has 3 aromatic carbocycles. The van der Waals surface area contributed by atoms with Crippen LogP contribution in [0.1, 0.15) is 18.5 Å². The maximum absolute atomic E-state index is 13.1. The molecule has 29 heavy (non-hydrogen) atoms. The summed E-state index contributed by atoms with van der Waals surface area (Å²) in [7, 11) is 0. The van der Waals surface area contributed by atoms with Crippen LogP contribution in [0.4, 0.5) is 10.1 Å². The highest BCUT2D eigenvalue weighted by molar-refractivity contribution is 5.87. The first-order valence-electron chi connectivity index (χ1n) is 10.1. The molecule has 0 bridgehead atoms. The zero-order chi connectivity index (χ0) is 20.2. The van der Waals surface area contributed by atoms with Crippen molar-refractivity contribution in [1.82, 2.24) is 10.2 Å². The van der Waals surface area contributed by atoms with Crippen LogP contribution in [-0.4, -0.2) is 43.5 Å². The number of nitrogens with one attached hydrogen (secondary N) is 1. The van der Waals surface area contributed by atoms with Gasteiger partial charge in [-0.05, 0) is 47.5 Å². The molecular weight excluding hydrogens is 365 g/mol.